The summed E-state index contributed by atoms with van der Waals surface area (Å²) >= 11 is 0. The van der Waals surface area contributed by atoms with E-state index in [0.29, 0.717) is 5.92 Å². The normalized spacial score (nSPS) is 37.3. The summed E-state index contributed by atoms with van der Waals surface area (Å²) in [5.74, 6) is 0.383. The topological polar surface area (TPSA) is 41.8 Å². The molecule has 0 amide bonds. The van der Waals surface area contributed by atoms with Gasteiger partial charge in [0.05, 0.1) is 5.60 Å². The second-order valence-corrected chi connectivity index (χ2v) is 3.67. The zero-order valence-corrected chi connectivity index (χ0v) is 7.79. The molecule has 3 heteroatoms. The number of hydrogen-bond acceptors (Lipinski definition) is 3. The molecule has 1 N–H and O–H groups in total. The van der Waals surface area contributed by atoms with Crippen LogP contribution in [0.4, 0.5) is 0 Å². The Kier molecular flexibility index (Phi) is 3.09. The summed E-state index contributed by atoms with van der Waals surface area (Å²) in [6.07, 6.45) is 4.58. The van der Waals surface area contributed by atoms with E-state index in [2.05, 4.69) is 19.0 Å². The van der Waals surface area contributed by atoms with E-state index < -0.39 is 0 Å². The zero-order valence-electron chi connectivity index (χ0n) is 7.79. The Balaban J connectivity index is 2.50. The van der Waals surface area contributed by atoms with Crippen LogP contribution in [0.25, 0.3) is 0 Å². The molecule has 1 fully saturated rings. The van der Waals surface area contributed by atoms with Gasteiger partial charge in [0.1, 0.15) is 0 Å². The molecule has 1 heterocycles. The fraction of sp³-hybridized carbons (Fsp3) is 0.889. The molecule has 0 aromatic carbocycles. The first kappa shape index (κ1) is 9.52. The van der Waals surface area contributed by atoms with Gasteiger partial charge in [-0.15, -0.1) is 5.16 Å². The second-order valence-electron chi connectivity index (χ2n) is 3.67. The molecule has 0 unspecified atom stereocenters. The van der Waals surface area contributed by atoms with Crippen molar-refractivity contribution >= 4 is 6.21 Å². The summed E-state index contributed by atoms with van der Waals surface area (Å²) in [6, 6.07) is 0. The molecular formula is C9H17NO2. The number of nitrogens with zero attached hydrogens (tertiary/aromatic N) is 1. The van der Waals surface area contributed by atoms with Crippen LogP contribution >= 0.6 is 0 Å². The summed E-state index contributed by atoms with van der Waals surface area (Å²) in [5, 5.41) is 11.5. The number of oxime groups is 1. The monoisotopic (exact) mass is 171 g/mol. The van der Waals surface area contributed by atoms with Crippen LogP contribution in [0.3, 0.4) is 0 Å². The summed E-state index contributed by atoms with van der Waals surface area (Å²) in [4.78, 5) is 0. The van der Waals surface area contributed by atoms with Gasteiger partial charge < -0.3 is 9.94 Å². The molecule has 2 atom stereocenters. The molecule has 1 rings (SSSR count). The smallest absolute Gasteiger partial charge is 0.0658 e. The van der Waals surface area contributed by atoms with Crippen molar-refractivity contribution < 1.29 is 9.94 Å². The average Bonchev–Trinajstić information content (AvgIpc) is 2.05. The third kappa shape index (κ3) is 2.21. The molecule has 12 heavy (non-hydrogen) atoms. The predicted molar refractivity (Wildman–Crippen MR) is 47.7 cm³/mol. The van der Waals surface area contributed by atoms with Crippen molar-refractivity contribution in [3.05, 3.63) is 0 Å². The van der Waals surface area contributed by atoms with E-state index in [0.717, 1.165) is 25.9 Å². The standard InChI is InChI=1S/C9H17NO2/c1-3-9(2)6-8(7-10-11)4-5-12-9/h7-8,11H,3-6H2,1-2H3/b10-7-/t8-,9-/m1/s1. The van der Waals surface area contributed by atoms with Gasteiger partial charge in [0.25, 0.3) is 0 Å². The van der Waals surface area contributed by atoms with Gasteiger partial charge in [-0.05, 0) is 26.2 Å². The van der Waals surface area contributed by atoms with E-state index in [-0.39, 0.29) is 5.60 Å². The minimum absolute atomic E-state index is 0.00981. The largest absolute Gasteiger partial charge is 0.411 e. The minimum atomic E-state index is -0.00981. The highest BCUT2D eigenvalue weighted by Crippen LogP contribution is 2.30. The summed E-state index contributed by atoms with van der Waals surface area (Å²) < 4.78 is 5.65. The van der Waals surface area contributed by atoms with Gasteiger partial charge in [0, 0.05) is 18.7 Å². The fourth-order valence-corrected chi connectivity index (χ4v) is 1.64. The van der Waals surface area contributed by atoms with Crippen molar-refractivity contribution in [3.63, 3.8) is 0 Å². The van der Waals surface area contributed by atoms with E-state index in [9.17, 15) is 0 Å². The Morgan fingerprint density at radius 3 is 3.08 bits per heavy atom. The number of ether oxygens (including phenoxy) is 1. The maximum absolute atomic E-state index is 8.39. The van der Waals surface area contributed by atoms with Crippen molar-refractivity contribution in [3.8, 4) is 0 Å². The van der Waals surface area contributed by atoms with E-state index in [1.54, 1.807) is 6.21 Å². The molecule has 0 radical (unpaired) electrons. The highest BCUT2D eigenvalue weighted by molar-refractivity contribution is 5.60. The highest BCUT2D eigenvalue weighted by Gasteiger charge is 2.30. The maximum Gasteiger partial charge on any atom is 0.0658 e. The van der Waals surface area contributed by atoms with Gasteiger partial charge in [-0.25, -0.2) is 0 Å². The second kappa shape index (κ2) is 3.90. The number of rotatable bonds is 2. The Labute approximate surface area is 73.4 Å². The maximum atomic E-state index is 8.39. The number of hydrogen-bond donors (Lipinski definition) is 1. The summed E-state index contributed by atoms with van der Waals surface area (Å²) in [5.41, 5.74) is -0.00981. The van der Waals surface area contributed by atoms with Crippen LogP contribution < -0.4 is 0 Å². The summed E-state index contributed by atoms with van der Waals surface area (Å²) in [6.45, 7) is 5.02. The van der Waals surface area contributed by atoms with Crippen LogP contribution in [0.2, 0.25) is 0 Å². The van der Waals surface area contributed by atoms with Crippen LogP contribution in [-0.4, -0.2) is 23.6 Å². The molecule has 0 spiro atoms. The molecule has 0 aromatic rings. The Morgan fingerprint density at radius 1 is 1.75 bits per heavy atom. The third-order valence-electron chi connectivity index (χ3n) is 2.66. The SMILES string of the molecule is CC[C@]1(C)C[C@H](/C=N\O)CCO1. The Bertz CT molecular complexity index is 170. The third-order valence-corrected chi connectivity index (χ3v) is 2.66. The molecule has 0 bridgehead atoms. The van der Waals surface area contributed by atoms with Crippen LogP contribution in [0.1, 0.15) is 33.1 Å². The van der Waals surface area contributed by atoms with Crippen LogP contribution in [0.5, 0.6) is 0 Å². The lowest BCUT2D eigenvalue weighted by atomic mass is 9.86. The van der Waals surface area contributed by atoms with Crippen molar-refractivity contribution in [2.45, 2.75) is 38.7 Å². The highest BCUT2D eigenvalue weighted by atomic mass is 16.5. The quantitative estimate of drug-likeness (QED) is 0.392. The van der Waals surface area contributed by atoms with E-state index in [1.165, 1.54) is 0 Å². The van der Waals surface area contributed by atoms with E-state index in [4.69, 9.17) is 9.94 Å². The van der Waals surface area contributed by atoms with Crippen molar-refractivity contribution in [1.82, 2.24) is 0 Å². The van der Waals surface area contributed by atoms with Crippen molar-refractivity contribution in [1.29, 1.82) is 0 Å². The van der Waals surface area contributed by atoms with Gasteiger partial charge in [0.15, 0.2) is 0 Å². The molecule has 0 saturated carbocycles. The summed E-state index contributed by atoms with van der Waals surface area (Å²) in [7, 11) is 0. The lowest BCUT2D eigenvalue weighted by Gasteiger charge is -2.36. The van der Waals surface area contributed by atoms with Gasteiger partial charge in [-0.1, -0.05) is 6.92 Å². The zero-order chi connectivity index (χ0) is 9.03. The van der Waals surface area contributed by atoms with Gasteiger partial charge in [-0.3, -0.25) is 0 Å². The molecule has 0 aromatic heterocycles. The van der Waals surface area contributed by atoms with Crippen molar-refractivity contribution in [2.24, 2.45) is 11.1 Å². The van der Waals surface area contributed by atoms with Gasteiger partial charge >= 0.3 is 0 Å². The first-order valence-electron chi connectivity index (χ1n) is 4.52. The first-order chi connectivity index (χ1) is 5.70. The van der Waals surface area contributed by atoms with Crippen LogP contribution in [0.15, 0.2) is 5.16 Å². The molecule has 70 valence electrons. The lowest BCUT2D eigenvalue weighted by molar-refractivity contribution is -0.0764. The Hall–Kier alpha value is -0.570. The van der Waals surface area contributed by atoms with Crippen LogP contribution in [-0.2, 0) is 4.74 Å². The van der Waals surface area contributed by atoms with Crippen LogP contribution in [0, 0.1) is 5.92 Å². The lowest BCUT2D eigenvalue weighted by Crippen LogP contribution is -2.36. The fourth-order valence-electron chi connectivity index (χ4n) is 1.64. The van der Waals surface area contributed by atoms with E-state index in [1.807, 2.05) is 0 Å². The molecule has 1 aliphatic heterocycles. The van der Waals surface area contributed by atoms with Crippen molar-refractivity contribution in [2.75, 3.05) is 6.61 Å². The molecule has 3 nitrogen and oxygen atoms in total. The molecular weight excluding hydrogens is 154 g/mol. The minimum Gasteiger partial charge on any atom is -0.411 e. The van der Waals surface area contributed by atoms with E-state index >= 15 is 0 Å². The molecule has 1 saturated heterocycles. The average molecular weight is 171 g/mol. The molecule has 0 aliphatic carbocycles. The Morgan fingerprint density at radius 2 is 2.50 bits per heavy atom. The first-order valence-corrected chi connectivity index (χ1v) is 4.52. The van der Waals surface area contributed by atoms with Gasteiger partial charge in [0.2, 0.25) is 0 Å². The van der Waals surface area contributed by atoms with Gasteiger partial charge in [-0.2, -0.15) is 0 Å². The predicted octanol–water partition coefficient (Wildman–Crippen LogP) is 2.04. The molecule has 1 aliphatic rings.